The Kier molecular flexibility index (Phi) is 4.15. The van der Waals surface area contributed by atoms with Gasteiger partial charge in [-0.25, -0.2) is 4.79 Å². The highest BCUT2D eigenvalue weighted by atomic mass is 32.1. The van der Waals surface area contributed by atoms with Crippen molar-refractivity contribution in [3.8, 4) is 0 Å². The van der Waals surface area contributed by atoms with Crippen LogP contribution in [0.3, 0.4) is 0 Å². The number of thiocarbonyl (C=S) groups is 1. The molecular weight excluding hydrogens is 292 g/mol. The molecule has 2 heterocycles. The molecule has 0 aromatic rings. The molecule has 2 rings (SSSR count). The van der Waals surface area contributed by atoms with Crippen LogP contribution in [0.15, 0.2) is 0 Å². The first-order valence-electron chi connectivity index (χ1n) is 7.18. The smallest absolute Gasteiger partial charge is 0.331 e. The lowest BCUT2D eigenvalue weighted by molar-refractivity contribution is -0.153. The van der Waals surface area contributed by atoms with Crippen LogP contribution in [-0.2, 0) is 19.1 Å². The van der Waals surface area contributed by atoms with Crippen molar-refractivity contribution in [2.24, 2.45) is 0 Å². The number of nitrogens with one attached hydrogen (secondary N) is 1. The predicted molar refractivity (Wildman–Crippen MR) is 80.4 cm³/mol. The summed E-state index contributed by atoms with van der Waals surface area (Å²) in [4.78, 5) is 25.4. The predicted octanol–water partition coefficient (Wildman–Crippen LogP) is 1.33. The number of nitrogens with zero attached hydrogens (tertiary/aromatic N) is 1. The molecule has 118 valence electrons. The Labute approximate surface area is 130 Å². The fraction of sp³-hybridized carbons (Fsp3) is 0.786. The molecule has 0 saturated carbocycles. The molecule has 21 heavy (non-hydrogen) atoms. The lowest BCUT2D eigenvalue weighted by Gasteiger charge is -2.48. The van der Waals surface area contributed by atoms with Gasteiger partial charge in [0.15, 0.2) is 10.8 Å². The quantitative estimate of drug-likeness (QED) is 0.620. The molecule has 0 radical (unpaired) electrons. The van der Waals surface area contributed by atoms with Gasteiger partial charge >= 0.3 is 11.9 Å². The second-order valence-corrected chi connectivity index (χ2v) is 6.70. The molecule has 0 aromatic heterocycles. The second kappa shape index (κ2) is 5.44. The zero-order valence-electron chi connectivity index (χ0n) is 12.9. The van der Waals surface area contributed by atoms with E-state index in [0.717, 1.165) is 0 Å². The lowest BCUT2D eigenvalue weighted by Crippen LogP contribution is -2.66. The van der Waals surface area contributed by atoms with E-state index in [1.54, 1.807) is 11.8 Å². The first-order chi connectivity index (χ1) is 9.68. The van der Waals surface area contributed by atoms with Crippen LogP contribution in [0, 0.1) is 0 Å². The monoisotopic (exact) mass is 314 g/mol. The summed E-state index contributed by atoms with van der Waals surface area (Å²) in [5, 5.41) is 3.72. The van der Waals surface area contributed by atoms with Gasteiger partial charge in [-0.05, 0) is 46.3 Å². The van der Waals surface area contributed by atoms with E-state index in [0.29, 0.717) is 24.6 Å². The third kappa shape index (κ3) is 3.12. The maximum Gasteiger partial charge on any atom is 0.331 e. The Morgan fingerprint density at radius 1 is 1.52 bits per heavy atom. The van der Waals surface area contributed by atoms with E-state index in [9.17, 15) is 9.59 Å². The summed E-state index contributed by atoms with van der Waals surface area (Å²) in [6, 6.07) is -0.532. The van der Waals surface area contributed by atoms with Crippen molar-refractivity contribution in [1.29, 1.82) is 0 Å². The fourth-order valence-corrected chi connectivity index (χ4v) is 3.79. The largest absolute Gasteiger partial charge is 0.466 e. The van der Waals surface area contributed by atoms with E-state index in [1.807, 2.05) is 20.8 Å². The number of hydrogen-bond acceptors (Lipinski definition) is 5. The minimum Gasteiger partial charge on any atom is -0.466 e. The van der Waals surface area contributed by atoms with E-state index in [4.69, 9.17) is 21.7 Å². The maximum atomic E-state index is 12.2. The van der Waals surface area contributed by atoms with Crippen molar-refractivity contribution in [3.63, 3.8) is 0 Å². The molecule has 2 aliphatic rings. The molecule has 2 fully saturated rings. The Hall–Kier alpha value is -1.37. The van der Waals surface area contributed by atoms with Gasteiger partial charge in [-0.3, -0.25) is 9.69 Å². The van der Waals surface area contributed by atoms with Crippen molar-refractivity contribution in [2.75, 3.05) is 6.61 Å². The Balaban J connectivity index is 2.12. The van der Waals surface area contributed by atoms with Gasteiger partial charge in [-0.1, -0.05) is 0 Å². The van der Waals surface area contributed by atoms with Crippen LogP contribution in [0.25, 0.3) is 0 Å². The van der Waals surface area contributed by atoms with Crippen LogP contribution in [0.1, 0.15) is 47.0 Å². The van der Waals surface area contributed by atoms with Crippen molar-refractivity contribution in [3.05, 3.63) is 0 Å². The molecule has 0 bridgehead atoms. The Bertz CT molecular complexity index is 480. The number of hydrogen-bond donors (Lipinski definition) is 1. The third-order valence-corrected chi connectivity index (χ3v) is 4.07. The van der Waals surface area contributed by atoms with Crippen molar-refractivity contribution < 1.29 is 19.1 Å². The summed E-state index contributed by atoms with van der Waals surface area (Å²) < 4.78 is 10.5. The molecule has 0 spiro atoms. The highest BCUT2D eigenvalue weighted by Gasteiger charge is 2.56. The fourth-order valence-electron chi connectivity index (χ4n) is 3.20. The summed E-state index contributed by atoms with van der Waals surface area (Å²) >= 11 is 5.39. The number of esters is 2. The Morgan fingerprint density at radius 3 is 2.81 bits per heavy atom. The zero-order chi connectivity index (χ0) is 15.8. The lowest BCUT2D eigenvalue weighted by atomic mass is 9.90. The van der Waals surface area contributed by atoms with Crippen LogP contribution in [-0.4, -0.2) is 45.9 Å². The van der Waals surface area contributed by atoms with Crippen LogP contribution in [0.2, 0.25) is 0 Å². The number of rotatable bonds is 4. The molecule has 1 N–H and O–H groups in total. The van der Waals surface area contributed by atoms with Gasteiger partial charge in [0.1, 0.15) is 6.04 Å². The topological polar surface area (TPSA) is 67.9 Å². The van der Waals surface area contributed by atoms with E-state index in [1.165, 1.54) is 0 Å². The van der Waals surface area contributed by atoms with Gasteiger partial charge in [0.2, 0.25) is 0 Å². The summed E-state index contributed by atoms with van der Waals surface area (Å²) in [7, 11) is 0. The normalized spacial score (nSPS) is 30.5. The molecule has 0 amide bonds. The van der Waals surface area contributed by atoms with Crippen LogP contribution >= 0.6 is 12.2 Å². The molecule has 0 unspecified atom stereocenters. The van der Waals surface area contributed by atoms with Gasteiger partial charge in [0.05, 0.1) is 6.61 Å². The molecule has 2 atom stereocenters. The van der Waals surface area contributed by atoms with Crippen molar-refractivity contribution in [1.82, 2.24) is 10.2 Å². The average Bonchev–Trinajstić information content (AvgIpc) is 2.55. The molecule has 2 aliphatic heterocycles. The molecule has 7 heteroatoms. The van der Waals surface area contributed by atoms with E-state index in [2.05, 4.69) is 5.32 Å². The van der Waals surface area contributed by atoms with E-state index in [-0.39, 0.29) is 23.9 Å². The summed E-state index contributed by atoms with van der Waals surface area (Å²) in [5.74, 6) is -0.640. The minimum atomic E-state index is -0.748. The van der Waals surface area contributed by atoms with Gasteiger partial charge in [0, 0.05) is 18.4 Å². The van der Waals surface area contributed by atoms with Gasteiger partial charge < -0.3 is 14.8 Å². The van der Waals surface area contributed by atoms with Crippen LogP contribution in [0.4, 0.5) is 0 Å². The highest BCUT2D eigenvalue weighted by molar-refractivity contribution is 7.80. The van der Waals surface area contributed by atoms with Crippen LogP contribution in [0.5, 0.6) is 0 Å². The second-order valence-electron chi connectivity index (χ2n) is 6.32. The maximum absolute atomic E-state index is 12.2. The molecule has 0 aliphatic carbocycles. The number of ether oxygens (including phenoxy) is 2. The molecule has 2 saturated heterocycles. The minimum absolute atomic E-state index is 0.173. The number of carbonyl (C=O) groups excluding carboxylic acids is 2. The molecule has 0 aromatic carbocycles. The van der Waals surface area contributed by atoms with Gasteiger partial charge in [-0.2, -0.15) is 0 Å². The van der Waals surface area contributed by atoms with Gasteiger partial charge in [0.25, 0.3) is 0 Å². The van der Waals surface area contributed by atoms with Gasteiger partial charge in [-0.15, -0.1) is 0 Å². The average molecular weight is 314 g/mol. The zero-order valence-corrected chi connectivity index (χ0v) is 13.7. The van der Waals surface area contributed by atoms with Crippen LogP contribution < -0.4 is 5.32 Å². The third-order valence-electron chi connectivity index (χ3n) is 3.78. The molecule has 6 nitrogen and oxygen atoms in total. The first-order valence-corrected chi connectivity index (χ1v) is 7.59. The standard InChI is InChI=1S/C14H22N2O4S/c1-5-19-10(17)7-6-9-11(18)20-14(4)8-13(2,3)15-12(21)16(9)14/h9H,5-8H2,1-4H3,(H,15,21)/t9-,14+/m0/s1. The highest BCUT2D eigenvalue weighted by Crippen LogP contribution is 2.40. The Morgan fingerprint density at radius 2 is 2.19 bits per heavy atom. The van der Waals surface area contributed by atoms with E-state index < -0.39 is 11.8 Å². The van der Waals surface area contributed by atoms with Crippen molar-refractivity contribution in [2.45, 2.75) is 64.3 Å². The summed E-state index contributed by atoms with van der Waals surface area (Å²) in [5.41, 5.74) is -0.985. The molecular formula is C14H22N2O4S. The first kappa shape index (κ1) is 16.0. The van der Waals surface area contributed by atoms with Crippen molar-refractivity contribution >= 4 is 29.3 Å². The summed E-state index contributed by atoms with van der Waals surface area (Å²) in [6.07, 6.45) is 1.14. The SMILES string of the molecule is CCOC(=O)CC[C@H]1C(=O)O[C@]2(C)CC(C)(C)NC(=S)N12. The number of fused-ring (bicyclic) bond motifs is 1. The van der Waals surface area contributed by atoms with E-state index >= 15 is 0 Å². The summed E-state index contributed by atoms with van der Waals surface area (Å²) in [6.45, 7) is 7.99. The number of carbonyl (C=O) groups is 2.